The highest BCUT2D eigenvalue weighted by Crippen LogP contribution is 2.32. The van der Waals surface area contributed by atoms with Gasteiger partial charge in [-0.05, 0) is 12.1 Å². The molecule has 0 radical (unpaired) electrons. The monoisotopic (exact) mass is 330 g/mol. The SMILES string of the molecule is Nc1cc(Cl)c(NC(=O)CCSc2ncc[nH]2)c(Cl)c1. The zero-order valence-electron chi connectivity index (χ0n) is 10.3. The Morgan fingerprint density at radius 2 is 2.10 bits per heavy atom. The van der Waals surface area contributed by atoms with Crippen LogP contribution >= 0.6 is 35.0 Å². The highest BCUT2D eigenvalue weighted by molar-refractivity contribution is 7.99. The number of imidazole rings is 1. The van der Waals surface area contributed by atoms with Crippen LogP contribution in [0, 0.1) is 0 Å². The Kier molecular flexibility index (Phi) is 5.17. The number of amides is 1. The molecule has 1 aromatic carbocycles. The van der Waals surface area contributed by atoms with E-state index < -0.39 is 0 Å². The molecule has 0 saturated heterocycles. The zero-order valence-corrected chi connectivity index (χ0v) is 12.6. The van der Waals surface area contributed by atoms with Crippen LogP contribution < -0.4 is 11.1 Å². The molecule has 8 heteroatoms. The Hall–Kier alpha value is -1.37. The van der Waals surface area contributed by atoms with Crippen LogP contribution in [0.4, 0.5) is 11.4 Å². The number of hydrogen-bond donors (Lipinski definition) is 3. The maximum Gasteiger partial charge on any atom is 0.225 e. The number of aromatic amines is 1. The summed E-state index contributed by atoms with van der Waals surface area (Å²) in [5, 5.41) is 4.11. The number of halogens is 2. The van der Waals surface area contributed by atoms with E-state index in [1.165, 1.54) is 11.8 Å². The van der Waals surface area contributed by atoms with Gasteiger partial charge in [-0.2, -0.15) is 0 Å². The molecule has 0 unspecified atom stereocenters. The van der Waals surface area contributed by atoms with Crippen LogP contribution in [-0.2, 0) is 4.79 Å². The number of hydrogen-bond acceptors (Lipinski definition) is 4. The van der Waals surface area contributed by atoms with Gasteiger partial charge in [0.05, 0.1) is 15.7 Å². The van der Waals surface area contributed by atoms with Crippen LogP contribution in [0.25, 0.3) is 0 Å². The van der Waals surface area contributed by atoms with Crippen LogP contribution in [0.3, 0.4) is 0 Å². The van der Waals surface area contributed by atoms with E-state index in [1.54, 1.807) is 24.5 Å². The van der Waals surface area contributed by atoms with Gasteiger partial charge in [0.1, 0.15) is 0 Å². The molecule has 4 N–H and O–H groups in total. The molecule has 0 saturated carbocycles. The van der Waals surface area contributed by atoms with Crippen LogP contribution in [0.15, 0.2) is 29.7 Å². The van der Waals surface area contributed by atoms with E-state index in [1.807, 2.05) is 0 Å². The number of nitrogens with one attached hydrogen (secondary N) is 2. The van der Waals surface area contributed by atoms with E-state index in [9.17, 15) is 4.79 Å². The second-order valence-electron chi connectivity index (χ2n) is 3.90. The van der Waals surface area contributed by atoms with Gasteiger partial charge < -0.3 is 16.0 Å². The fourth-order valence-electron chi connectivity index (χ4n) is 1.48. The average molecular weight is 331 g/mol. The minimum Gasteiger partial charge on any atom is -0.399 e. The quantitative estimate of drug-likeness (QED) is 0.579. The number of carbonyl (C=O) groups is 1. The Labute approximate surface area is 130 Å². The second kappa shape index (κ2) is 6.88. The Morgan fingerprint density at radius 3 is 2.70 bits per heavy atom. The van der Waals surface area contributed by atoms with Gasteiger partial charge in [-0.25, -0.2) is 4.98 Å². The number of carbonyl (C=O) groups excluding carboxylic acids is 1. The largest absolute Gasteiger partial charge is 0.399 e. The number of rotatable bonds is 5. The second-order valence-corrected chi connectivity index (χ2v) is 5.80. The fraction of sp³-hybridized carbons (Fsp3) is 0.167. The van der Waals surface area contributed by atoms with Crippen molar-refractivity contribution >= 4 is 52.2 Å². The molecule has 106 valence electrons. The number of nitrogens with zero attached hydrogens (tertiary/aromatic N) is 1. The topological polar surface area (TPSA) is 83.8 Å². The summed E-state index contributed by atoms with van der Waals surface area (Å²) in [4.78, 5) is 18.8. The number of benzene rings is 1. The highest BCUT2D eigenvalue weighted by atomic mass is 35.5. The van der Waals surface area contributed by atoms with E-state index in [2.05, 4.69) is 15.3 Å². The molecule has 1 amide bonds. The summed E-state index contributed by atoms with van der Waals surface area (Å²) in [6.45, 7) is 0. The first-order valence-electron chi connectivity index (χ1n) is 5.73. The summed E-state index contributed by atoms with van der Waals surface area (Å²) < 4.78 is 0. The van der Waals surface area contributed by atoms with Crippen molar-refractivity contribution in [2.75, 3.05) is 16.8 Å². The van der Waals surface area contributed by atoms with E-state index >= 15 is 0 Å². The fourth-order valence-corrected chi connectivity index (χ4v) is 2.85. The minimum atomic E-state index is -0.169. The molecular formula is C12H12Cl2N4OS. The molecule has 2 rings (SSSR count). The van der Waals surface area contributed by atoms with Crippen LogP contribution in [0.1, 0.15) is 6.42 Å². The zero-order chi connectivity index (χ0) is 14.5. The van der Waals surface area contributed by atoms with Gasteiger partial charge in [0.15, 0.2) is 5.16 Å². The summed E-state index contributed by atoms with van der Waals surface area (Å²) >= 11 is 13.5. The third-order valence-corrected chi connectivity index (χ3v) is 3.87. The molecule has 1 aromatic heterocycles. The van der Waals surface area contributed by atoms with Crippen molar-refractivity contribution in [3.05, 3.63) is 34.6 Å². The predicted octanol–water partition coefficient (Wildman–Crippen LogP) is 3.42. The smallest absolute Gasteiger partial charge is 0.225 e. The molecule has 0 atom stereocenters. The number of nitrogens with two attached hydrogens (primary N) is 1. The molecule has 5 nitrogen and oxygen atoms in total. The lowest BCUT2D eigenvalue weighted by atomic mass is 10.2. The summed E-state index contributed by atoms with van der Waals surface area (Å²) in [6, 6.07) is 3.08. The number of anilines is 2. The minimum absolute atomic E-state index is 0.169. The van der Waals surface area contributed by atoms with Crippen molar-refractivity contribution in [1.29, 1.82) is 0 Å². The lowest BCUT2D eigenvalue weighted by Crippen LogP contribution is -2.13. The van der Waals surface area contributed by atoms with Crippen LogP contribution in [-0.4, -0.2) is 21.6 Å². The highest BCUT2D eigenvalue weighted by Gasteiger charge is 2.11. The summed E-state index contributed by atoms with van der Waals surface area (Å²) in [7, 11) is 0. The number of thioether (sulfide) groups is 1. The van der Waals surface area contributed by atoms with Gasteiger partial charge in [-0.3, -0.25) is 4.79 Å². The van der Waals surface area contributed by atoms with Crippen molar-refractivity contribution in [2.45, 2.75) is 11.6 Å². The van der Waals surface area contributed by atoms with Gasteiger partial charge in [0.25, 0.3) is 0 Å². The summed E-state index contributed by atoms with van der Waals surface area (Å²) in [6.07, 6.45) is 3.72. The van der Waals surface area contributed by atoms with E-state index in [-0.39, 0.29) is 5.91 Å². The molecule has 0 fully saturated rings. The Morgan fingerprint density at radius 1 is 1.40 bits per heavy atom. The number of nitrogen functional groups attached to an aromatic ring is 1. The molecule has 0 bridgehead atoms. The van der Waals surface area contributed by atoms with Crippen molar-refractivity contribution in [3.63, 3.8) is 0 Å². The number of aromatic nitrogens is 2. The molecule has 0 aliphatic heterocycles. The van der Waals surface area contributed by atoms with E-state index in [0.29, 0.717) is 33.6 Å². The third-order valence-electron chi connectivity index (χ3n) is 2.37. The average Bonchev–Trinajstić information content (AvgIpc) is 2.87. The first-order chi connectivity index (χ1) is 9.56. The summed E-state index contributed by atoms with van der Waals surface area (Å²) in [5.74, 6) is 0.432. The molecule has 0 spiro atoms. The van der Waals surface area contributed by atoms with Gasteiger partial charge in [0.2, 0.25) is 5.91 Å². The van der Waals surface area contributed by atoms with Crippen molar-refractivity contribution in [1.82, 2.24) is 9.97 Å². The standard InChI is InChI=1S/C12H12Cl2N4OS/c13-8-5-7(15)6-9(14)11(8)18-10(19)1-4-20-12-16-2-3-17-12/h2-3,5-6H,1,4,15H2,(H,16,17)(H,18,19). The van der Waals surface area contributed by atoms with Crippen molar-refractivity contribution in [2.24, 2.45) is 0 Å². The summed E-state index contributed by atoms with van der Waals surface area (Å²) in [5.41, 5.74) is 6.43. The van der Waals surface area contributed by atoms with Crippen LogP contribution in [0.5, 0.6) is 0 Å². The lowest BCUT2D eigenvalue weighted by Gasteiger charge is -2.09. The number of H-pyrrole nitrogens is 1. The first-order valence-corrected chi connectivity index (χ1v) is 7.47. The lowest BCUT2D eigenvalue weighted by molar-refractivity contribution is -0.115. The maximum atomic E-state index is 11.8. The van der Waals surface area contributed by atoms with Gasteiger partial charge in [0, 0.05) is 30.3 Å². The van der Waals surface area contributed by atoms with Crippen molar-refractivity contribution < 1.29 is 4.79 Å². The molecule has 2 aromatic rings. The Balaban J connectivity index is 1.88. The first kappa shape index (κ1) is 15.0. The molecule has 0 aliphatic carbocycles. The van der Waals surface area contributed by atoms with Crippen LogP contribution in [0.2, 0.25) is 10.0 Å². The maximum absolute atomic E-state index is 11.8. The van der Waals surface area contributed by atoms with E-state index in [0.717, 1.165) is 5.16 Å². The molecule has 1 heterocycles. The van der Waals surface area contributed by atoms with Crippen molar-refractivity contribution in [3.8, 4) is 0 Å². The van der Waals surface area contributed by atoms with Gasteiger partial charge >= 0.3 is 0 Å². The molecule has 0 aliphatic rings. The van der Waals surface area contributed by atoms with Gasteiger partial charge in [-0.1, -0.05) is 35.0 Å². The molecule has 20 heavy (non-hydrogen) atoms. The third kappa shape index (κ3) is 4.06. The Bertz CT molecular complexity index is 581. The van der Waals surface area contributed by atoms with Gasteiger partial charge in [-0.15, -0.1) is 0 Å². The normalized spacial score (nSPS) is 10.5. The predicted molar refractivity (Wildman–Crippen MR) is 83.4 cm³/mol. The van der Waals surface area contributed by atoms with E-state index in [4.69, 9.17) is 28.9 Å². The molecular weight excluding hydrogens is 319 g/mol.